The first-order chi connectivity index (χ1) is 5.72. The van der Waals surface area contributed by atoms with Crippen LogP contribution in [0.15, 0.2) is 0 Å². The quantitative estimate of drug-likeness (QED) is 0.679. The van der Waals surface area contributed by atoms with E-state index in [-0.39, 0.29) is 0 Å². The Bertz CT molecular complexity index is 177. The number of nitrogens with one attached hydrogen (secondary N) is 1. The van der Waals surface area contributed by atoms with Gasteiger partial charge in [0.15, 0.2) is 0 Å². The van der Waals surface area contributed by atoms with E-state index >= 15 is 0 Å². The largest absolute Gasteiger partial charge is 0.309 e. The predicted octanol–water partition coefficient (Wildman–Crippen LogP) is 2.21. The van der Waals surface area contributed by atoms with E-state index in [2.05, 4.69) is 25.2 Å². The lowest BCUT2D eigenvalue weighted by Gasteiger charge is -2.20. The molecule has 1 N–H and O–H groups in total. The SMILES string of the molecule is CCC(C)NC1(CCC#N)CC1. The summed E-state index contributed by atoms with van der Waals surface area (Å²) in [7, 11) is 0. The lowest BCUT2D eigenvalue weighted by molar-refractivity contribution is 0.403. The molecule has 0 radical (unpaired) electrons. The van der Waals surface area contributed by atoms with Gasteiger partial charge in [-0.1, -0.05) is 6.92 Å². The average Bonchev–Trinajstić information content (AvgIpc) is 2.82. The van der Waals surface area contributed by atoms with E-state index in [1.165, 1.54) is 19.3 Å². The molecule has 2 nitrogen and oxygen atoms in total. The first-order valence-electron chi connectivity index (χ1n) is 4.87. The van der Waals surface area contributed by atoms with Crippen molar-refractivity contribution in [1.29, 1.82) is 5.26 Å². The van der Waals surface area contributed by atoms with Gasteiger partial charge in [0, 0.05) is 18.0 Å². The summed E-state index contributed by atoms with van der Waals surface area (Å²) in [5, 5.41) is 12.1. The third kappa shape index (κ3) is 2.49. The molecule has 68 valence electrons. The zero-order chi connectivity index (χ0) is 9.03. The van der Waals surface area contributed by atoms with E-state index in [0.29, 0.717) is 18.0 Å². The van der Waals surface area contributed by atoms with Crippen molar-refractivity contribution in [1.82, 2.24) is 5.32 Å². The third-order valence-corrected chi connectivity index (χ3v) is 2.73. The fraction of sp³-hybridized carbons (Fsp3) is 0.900. The summed E-state index contributed by atoms with van der Waals surface area (Å²) in [4.78, 5) is 0. The van der Waals surface area contributed by atoms with Crippen molar-refractivity contribution in [2.75, 3.05) is 0 Å². The average molecular weight is 166 g/mol. The normalized spacial score (nSPS) is 21.4. The molecule has 1 saturated carbocycles. The van der Waals surface area contributed by atoms with Crippen LogP contribution in [0.3, 0.4) is 0 Å². The summed E-state index contributed by atoms with van der Waals surface area (Å²) in [5.74, 6) is 0. The van der Waals surface area contributed by atoms with Crippen LogP contribution in [0.1, 0.15) is 46.0 Å². The van der Waals surface area contributed by atoms with Gasteiger partial charge in [-0.25, -0.2) is 0 Å². The summed E-state index contributed by atoms with van der Waals surface area (Å²) in [6.45, 7) is 4.41. The van der Waals surface area contributed by atoms with E-state index in [1.54, 1.807) is 0 Å². The highest BCUT2D eigenvalue weighted by Gasteiger charge is 2.42. The van der Waals surface area contributed by atoms with E-state index in [4.69, 9.17) is 5.26 Å². The number of nitrogens with zero attached hydrogens (tertiary/aromatic N) is 1. The van der Waals surface area contributed by atoms with Crippen LogP contribution >= 0.6 is 0 Å². The van der Waals surface area contributed by atoms with Crippen molar-refractivity contribution in [2.45, 2.75) is 57.5 Å². The van der Waals surface area contributed by atoms with E-state index in [0.717, 1.165) is 6.42 Å². The van der Waals surface area contributed by atoms with Gasteiger partial charge in [-0.05, 0) is 32.6 Å². The standard InChI is InChI=1S/C10H18N2/c1-3-9(2)12-10(6-7-10)5-4-8-11/h9,12H,3-7H2,1-2H3. The number of rotatable bonds is 5. The van der Waals surface area contributed by atoms with Crippen LogP contribution < -0.4 is 5.32 Å². The first-order valence-corrected chi connectivity index (χ1v) is 4.87. The zero-order valence-corrected chi connectivity index (χ0v) is 8.06. The molecule has 0 aromatic carbocycles. The smallest absolute Gasteiger partial charge is 0.0622 e. The molecule has 0 bridgehead atoms. The molecule has 1 atom stereocenters. The fourth-order valence-electron chi connectivity index (χ4n) is 1.54. The third-order valence-electron chi connectivity index (χ3n) is 2.73. The van der Waals surface area contributed by atoms with Crippen LogP contribution in [0.4, 0.5) is 0 Å². The number of hydrogen-bond donors (Lipinski definition) is 1. The number of hydrogen-bond acceptors (Lipinski definition) is 2. The van der Waals surface area contributed by atoms with Crippen LogP contribution in [0.5, 0.6) is 0 Å². The Balaban J connectivity index is 2.25. The lowest BCUT2D eigenvalue weighted by Crippen LogP contribution is -2.37. The summed E-state index contributed by atoms with van der Waals surface area (Å²) < 4.78 is 0. The van der Waals surface area contributed by atoms with Gasteiger partial charge in [0.25, 0.3) is 0 Å². The molecule has 1 aliphatic carbocycles. The number of nitriles is 1. The van der Waals surface area contributed by atoms with Gasteiger partial charge in [0.05, 0.1) is 6.07 Å². The molecule has 1 fully saturated rings. The summed E-state index contributed by atoms with van der Waals surface area (Å²) in [6, 6.07) is 2.82. The molecule has 0 heterocycles. The topological polar surface area (TPSA) is 35.8 Å². The summed E-state index contributed by atoms with van der Waals surface area (Å²) >= 11 is 0. The second-order valence-electron chi connectivity index (χ2n) is 3.89. The summed E-state index contributed by atoms with van der Waals surface area (Å²) in [5.41, 5.74) is 0.352. The van der Waals surface area contributed by atoms with Crippen molar-refractivity contribution in [3.63, 3.8) is 0 Å². The predicted molar refractivity (Wildman–Crippen MR) is 49.7 cm³/mol. The van der Waals surface area contributed by atoms with Gasteiger partial charge in [0.2, 0.25) is 0 Å². The Hall–Kier alpha value is -0.550. The Morgan fingerprint density at radius 3 is 2.67 bits per heavy atom. The molecular weight excluding hydrogens is 148 g/mol. The molecule has 1 unspecified atom stereocenters. The van der Waals surface area contributed by atoms with Crippen LogP contribution in [-0.4, -0.2) is 11.6 Å². The van der Waals surface area contributed by atoms with Gasteiger partial charge in [-0.3, -0.25) is 0 Å². The highest BCUT2D eigenvalue weighted by atomic mass is 15.0. The molecule has 0 spiro atoms. The fourth-order valence-corrected chi connectivity index (χ4v) is 1.54. The first kappa shape index (κ1) is 9.54. The molecule has 12 heavy (non-hydrogen) atoms. The van der Waals surface area contributed by atoms with Crippen LogP contribution in [-0.2, 0) is 0 Å². The lowest BCUT2D eigenvalue weighted by atomic mass is 10.1. The Labute approximate surface area is 75.0 Å². The van der Waals surface area contributed by atoms with E-state index in [1.807, 2.05) is 0 Å². The molecule has 0 aromatic rings. The highest BCUT2D eigenvalue weighted by Crippen LogP contribution is 2.40. The van der Waals surface area contributed by atoms with Crippen molar-refractivity contribution in [3.8, 4) is 6.07 Å². The Morgan fingerprint density at radius 1 is 1.58 bits per heavy atom. The minimum Gasteiger partial charge on any atom is -0.309 e. The van der Waals surface area contributed by atoms with E-state index in [9.17, 15) is 0 Å². The Morgan fingerprint density at radius 2 is 2.25 bits per heavy atom. The molecule has 0 aromatic heterocycles. The molecule has 1 aliphatic rings. The summed E-state index contributed by atoms with van der Waals surface area (Å²) in [6.07, 6.45) is 5.43. The monoisotopic (exact) mass is 166 g/mol. The van der Waals surface area contributed by atoms with Crippen LogP contribution in [0.25, 0.3) is 0 Å². The maximum atomic E-state index is 8.47. The molecule has 0 saturated heterocycles. The van der Waals surface area contributed by atoms with Crippen molar-refractivity contribution in [3.05, 3.63) is 0 Å². The van der Waals surface area contributed by atoms with Gasteiger partial charge >= 0.3 is 0 Å². The van der Waals surface area contributed by atoms with Gasteiger partial charge in [0.1, 0.15) is 0 Å². The Kier molecular flexibility index (Phi) is 3.11. The van der Waals surface area contributed by atoms with Gasteiger partial charge < -0.3 is 5.32 Å². The maximum Gasteiger partial charge on any atom is 0.0622 e. The van der Waals surface area contributed by atoms with E-state index < -0.39 is 0 Å². The molecule has 0 aliphatic heterocycles. The minimum absolute atomic E-state index is 0.352. The van der Waals surface area contributed by atoms with Gasteiger partial charge in [-0.2, -0.15) is 5.26 Å². The van der Waals surface area contributed by atoms with Crippen molar-refractivity contribution in [2.24, 2.45) is 0 Å². The maximum absolute atomic E-state index is 8.47. The molecular formula is C10H18N2. The van der Waals surface area contributed by atoms with Crippen LogP contribution in [0, 0.1) is 11.3 Å². The highest BCUT2D eigenvalue weighted by molar-refractivity contribution is 5.04. The second kappa shape index (κ2) is 3.91. The van der Waals surface area contributed by atoms with Crippen LogP contribution in [0.2, 0.25) is 0 Å². The zero-order valence-electron chi connectivity index (χ0n) is 8.06. The molecule has 2 heteroatoms. The minimum atomic E-state index is 0.352. The van der Waals surface area contributed by atoms with Crippen molar-refractivity contribution >= 4 is 0 Å². The van der Waals surface area contributed by atoms with Crippen molar-refractivity contribution < 1.29 is 0 Å². The van der Waals surface area contributed by atoms with Gasteiger partial charge in [-0.15, -0.1) is 0 Å². The molecule has 1 rings (SSSR count). The second-order valence-corrected chi connectivity index (χ2v) is 3.89. The molecule has 0 amide bonds.